The highest BCUT2D eigenvalue weighted by atomic mass is 32.2. The number of nitrogens with one attached hydrogen (secondary N) is 3. The second-order valence-corrected chi connectivity index (χ2v) is 18.5. The summed E-state index contributed by atoms with van der Waals surface area (Å²) in [7, 11) is -4.11. The topological polar surface area (TPSA) is 182 Å². The van der Waals surface area contributed by atoms with Crippen molar-refractivity contribution >= 4 is 44.6 Å². The molecule has 3 heterocycles. The van der Waals surface area contributed by atoms with Gasteiger partial charge in [-0.25, -0.2) is 27.0 Å². The van der Waals surface area contributed by atoms with E-state index in [1.807, 2.05) is 13.0 Å². The van der Waals surface area contributed by atoms with Crippen molar-refractivity contribution in [1.82, 2.24) is 25.2 Å². The molecule has 1 saturated heterocycles. The Bertz CT molecular complexity index is 2080. The lowest BCUT2D eigenvalue weighted by molar-refractivity contribution is -0.197. The molecule has 2 aliphatic heterocycles. The number of pyridine rings is 1. The molecule has 4 aliphatic rings. The summed E-state index contributed by atoms with van der Waals surface area (Å²) in [6.07, 6.45) is -5.89. The van der Waals surface area contributed by atoms with E-state index in [4.69, 9.17) is 9.47 Å². The zero-order valence-corrected chi connectivity index (χ0v) is 33.7. The van der Waals surface area contributed by atoms with E-state index in [2.05, 4.69) is 25.1 Å². The first kappa shape index (κ1) is 43.8. The summed E-state index contributed by atoms with van der Waals surface area (Å²) < 4.78 is 110. The lowest BCUT2D eigenvalue weighted by atomic mass is 9.88. The van der Waals surface area contributed by atoms with Crippen LogP contribution < -0.4 is 24.8 Å². The van der Waals surface area contributed by atoms with E-state index < -0.39 is 99.5 Å². The molecular formula is C39H48F5N5O9S. The van der Waals surface area contributed by atoms with Gasteiger partial charge in [0.25, 0.3) is 12.3 Å². The van der Waals surface area contributed by atoms with Crippen molar-refractivity contribution in [3.05, 3.63) is 42.6 Å². The number of benzene rings is 1. The molecule has 8 atom stereocenters. The van der Waals surface area contributed by atoms with Crippen LogP contribution in [0.15, 0.2) is 42.6 Å². The number of allylic oxidation sites excluding steroid dienone is 1. The Morgan fingerprint density at radius 3 is 2.46 bits per heavy atom. The normalized spacial score (nSPS) is 28.9. The summed E-state index contributed by atoms with van der Waals surface area (Å²) >= 11 is 0. The quantitative estimate of drug-likeness (QED) is 0.213. The number of alkyl carbamates (subject to hydrolysis) is 1. The highest BCUT2D eigenvalue weighted by Gasteiger charge is 2.63. The summed E-state index contributed by atoms with van der Waals surface area (Å²) in [4.78, 5) is 61.3. The molecule has 14 nitrogen and oxygen atoms in total. The predicted octanol–water partition coefficient (Wildman–Crippen LogP) is 5.16. The van der Waals surface area contributed by atoms with Crippen molar-refractivity contribution in [2.75, 3.05) is 13.2 Å². The Balaban J connectivity index is 1.34. The minimum Gasteiger partial charge on any atom is -0.485 e. The number of nitrogens with zero attached hydrogens (tertiary/aromatic N) is 2. The first-order chi connectivity index (χ1) is 27.6. The zero-order valence-electron chi connectivity index (χ0n) is 32.9. The number of fused-ring (bicyclic) bond motifs is 3. The number of hydrogen-bond donors (Lipinski definition) is 3. The number of carbonyl (C=O) groups excluding carboxylic acids is 4. The number of ether oxygens (including phenoxy) is 3. The van der Waals surface area contributed by atoms with Crippen LogP contribution in [-0.4, -0.2) is 102 Å². The average Bonchev–Trinajstić information content (AvgIpc) is 4.04. The van der Waals surface area contributed by atoms with Crippen LogP contribution in [0.5, 0.6) is 11.6 Å². The molecule has 6 rings (SSSR count). The summed E-state index contributed by atoms with van der Waals surface area (Å²) in [5.74, 6) is -3.91. The number of amides is 4. The molecule has 0 radical (unpaired) electrons. The number of carbonyl (C=O) groups is 4. The molecule has 324 valence electrons. The van der Waals surface area contributed by atoms with Crippen molar-refractivity contribution in [2.45, 2.75) is 120 Å². The lowest BCUT2D eigenvalue weighted by Crippen LogP contribution is -2.59. The van der Waals surface area contributed by atoms with Crippen molar-refractivity contribution in [1.29, 1.82) is 0 Å². The van der Waals surface area contributed by atoms with Gasteiger partial charge in [-0.1, -0.05) is 44.2 Å². The number of aromatic nitrogens is 1. The fraction of sp³-hybridized carbons (Fsp3) is 0.615. The highest BCUT2D eigenvalue weighted by molar-refractivity contribution is 7.91. The van der Waals surface area contributed by atoms with Gasteiger partial charge >= 0.3 is 12.3 Å². The molecule has 2 aliphatic carbocycles. The molecule has 20 heteroatoms. The average molecular weight is 858 g/mol. The van der Waals surface area contributed by atoms with E-state index in [0.29, 0.717) is 49.8 Å². The molecule has 0 bridgehead atoms. The lowest BCUT2D eigenvalue weighted by Gasteiger charge is -2.33. The van der Waals surface area contributed by atoms with Crippen molar-refractivity contribution in [3.8, 4) is 11.6 Å². The summed E-state index contributed by atoms with van der Waals surface area (Å²) in [5, 5.41) is 5.80. The molecule has 3 N–H and O–H groups in total. The monoisotopic (exact) mass is 857 g/mol. The van der Waals surface area contributed by atoms with Gasteiger partial charge in [0.2, 0.25) is 27.7 Å². The van der Waals surface area contributed by atoms with Crippen molar-refractivity contribution < 1.29 is 63.8 Å². The van der Waals surface area contributed by atoms with Crippen LogP contribution in [0.25, 0.3) is 10.8 Å². The van der Waals surface area contributed by atoms with Gasteiger partial charge in [0, 0.05) is 23.1 Å². The van der Waals surface area contributed by atoms with Gasteiger partial charge in [-0.15, -0.1) is 0 Å². The van der Waals surface area contributed by atoms with E-state index in [0.717, 1.165) is 4.90 Å². The fourth-order valence-corrected chi connectivity index (χ4v) is 8.96. The third kappa shape index (κ3) is 9.67. The Hall–Kier alpha value is -4.75. The van der Waals surface area contributed by atoms with Crippen LogP contribution in [0.4, 0.5) is 26.7 Å². The van der Waals surface area contributed by atoms with Gasteiger partial charge in [-0.2, -0.15) is 13.2 Å². The number of hydrogen-bond acceptors (Lipinski definition) is 10. The van der Waals surface area contributed by atoms with E-state index >= 15 is 0 Å². The Morgan fingerprint density at radius 1 is 1.10 bits per heavy atom. The maximum Gasteiger partial charge on any atom is 0.425 e. The van der Waals surface area contributed by atoms with Gasteiger partial charge in [-0.3, -0.25) is 19.1 Å². The van der Waals surface area contributed by atoms with Gasteiger partial charge in [0.15, 0.2) is 6.10 Å². The van der Waals surface area contributed by atoms with Gasteiger partial charge in [0.1, 0.15) is 36.1 Å². The highest BCUT2D eigenvalue weighted by Crippen LogP contribution is 2.48. The Labute approximate surface area is 338 Å². The van der Waals surface area contributed by atoms with Crippen LogP contribution in [0.3, 0.4) is 0 Å². The van der Waals surface area contributed by atoms with Gasteiger partial charge in [-0.05, 0) is 70.3 Å². The first-order valence-electron chi connectivity index (χ1n) is 19.5. The number of halogens is 5. The molecule has 2 saturated carbocycles. The minimum atomic E-state index is -4.89. The molecule has 2 aromatic rings. The largest absolute Gasteiger partial charge is 0.485 e. The first-order valence-corrected chi connectivity index (χ1v) is 21.0. The third-order valence-electron chi connectivity index (χ3n) is 11.6. The molecule has 1 aromatic carbocycles. The number of alkyl halides is 5. The molecule has 1 aromatic heterocycles. The molecule has 0 spiro atoms. The van der Waals surface area contributed by atoms with Crippen molar-refractivity contribution in [3.63, 3.8) is 0 Å². The van der Waals surface area contributed by atoms with Crippen LogP contribution in [0.2, 0.25) is 0 Å². The van der Waals surface area contributed by atoms with Crippen LogP contribution in [-0.2, 0) is 29.1 Å². The number of sulfonamides is 1. The SMILES string of the molecule is CC1CCC=CC2CC2(C(=O)NS(=O)(=O)C2(C)CC2)NC(=O)C2CC(Oc3ncc(OCC(F)F)c4ccccc34)CN2C(=O)C(NC(=O)OC(C)C(F)(F)F)C(C)C1. The molecule has 8 unspecified atom stereocenters. The van der Waals surface area contributed by atoms with E-state index in [-0.39, 0.29) is 36.9 Å². The summed E-state index contributed by atoms with van der Waals surface area (Å²) in [5.41, 5.74) is -1.69. The summed E-state index contributed by atoms with van der Waals surface area (Å²) in [6.45, 7) is 4.50. The van der Waals surface area contributed by atoms with Crippen molar-refractivity contribution in [2.24, 2.45) is 17.8 Å². The summed E-state index contributed by atoms with van der Waals surface area (Å²) in [6, 6.07) is 3.62. The maximum absolute atomic E-state index is 14.7. The second kappa shape index (κ2) is 16.7. The van der Waals surface area contributed by atoms with E-state index in [9.17, 15) is 49.5 Å². The Kier molecular flexibility index (Phi) is 12.4. The molecule has 59 heavy (non-hydrogen) atoms. The second-order valence-electron chi connectivity index (χ2n) is 16.3. The number of rotatable bonds is 10. The zero-order chi connectivity index (χ0) is 43.1. The van der Waals surface area contributed by atoms with Crippen LogP contribution in [0, 0.1) is 17.8 Å². The standard InChI is InChI=1S/C39H48F5N5O9S/c1-21-9-5-6-10-24-17-38(24,35(52)48-59(54,55)37(4)13-14-37)47-32(50)28-16-25(58-33-27-12-8-7-11-26(27)29(18-45-33)56-20-30(40)41)19-49(28)34(51)31(22(2)15-21)46-36(53)57-23(3)39(42,43)44/h6-8,10-12,18,21-25,28,30-31H,5,9,13-17,19-20H2,1-4H3,(H,46,53)(H,47,50)(H,48,52). The van der Waals surface area contributed by atoms with Gasteiger partial charge < -0.3 is 29.7 Å². The van der Waals surface area contributed by atoms with Gasteiger partial charge in [0.05, 0.1) is 17.5 Å². The Morgan fingerprint density at radius 2 is 1.80 bits per heavy atom. The molecule has 3 fully saturated rings. The third-order valence-corrected chi connectivity index (χ3v) is 13.8. The minimum absolute atomic E-state index is 0.00852. The molecular weight excluding hydrogens is 810 g/mol. The van der Waals surface area contributed by atoms with E-state index in [1.54, 1.807) is 37.3 Å². The van der Waals surface area contributed by atoms with Crippen LogP contribution >= 0.6 is 0 Å². The fourth-order valence-electron chi connectivity index (χ4n) is 7.65. The van der Waals surface area contributed by atoms with Crippen LogP contribution in [0.1, 0.15) is 72.6 Å². The predicted molar refractivity (Wildman–Crippen MR) is 202 cm³/mol. The maximum atomic E-state index is 14.7. The smallest absolute Gasteiger partial charge is 0.425 e. The van der Waals surface area contributed by atoms with E-state index in [1.165, 1.54) is 13.1 Å². The molecule has 4 amide bonds.